The van der Waals surface area contributed by atoms with E-state index in [0.29, 0.717) is 5.69 Å². The molecule has 5 heteroatoms. The maximum atomic E-state index is 12.8. The number of carbonyl (C=O) groups is 1. The summed E-state index contributed by atoms with van der Waals surface area (Å²) in [5, 5.41) is 0. The van der Waals surface area contributed by atoms with Crippen LogP contribution in [0.25, 0.3) is 6.08 Å². The summed E-state index contributed by atoms with van der Waals surface area (Å²) < 4.78 is 0. The molecule has 0 radical (unpaired) electrons. The summed E-state index contributed by atoms with van der Waals surface area (Å²) in [5.41, 5.74) is 2.92. The van der Waals surface area contributed by atoms with E-state index in [1.807, 2.05) is 23.2 Å². The van der Waals surface area contributed by atoms with E-state index in [4.69, 9.17) is 0 Å². The number of piperazine rings is 1. The highest BCUT2D eigenvalue weighted by Gasteiger charge is 2.22. The van der Waals surface area contributed by atoms with E-state index in [1.165, 1.54) is 24.8 Å². The van der Waals surface area contributed by atoms with Gasteiger partial charge < -0.3 is 9.80 Å². The lowest BCUT2D eigenvalue weighted by Crippen LogP contribution is -2.48. The fraction of sp³-hybridized carbons (Fsp3) is 0.417. The summed E-state index contributed by atoms with van der Waals surface area (Å²) in [6, 6.07) is 14.3. The zero-order chi connectivity index (χ0) is 19.9. The van der Waals surface area contributed by atoms with E-state index < -0.39 is 0 Å². The zero-order valence-electron chi connectivity index (χ0n) is 17.0. The number of pyridine rings is 1. The Kier molecular flexibility index (Phi) is 6.57. The van der Waals surface area contributed by atoms with Gasteiger partial charge >= 0.3 is 0 Å². The molecular formula is C24H30N4O. The van der Waals surface area contributed by atoms with Gasteiger partial charge in [-0.3, -0.25) is 9.69 Å². The van der Waals surface area contributed by atoms with E-state index in [0.717, 1.165) is 51.5 Å². The molecule has 5 nitrogen and oxygen atoms in total. The lowest BCUT2D eigenvalue weighted by atomic mass is 10.1. The second-order valence-electron chi connectivity index (χ2n) is 7.86. The van der Waals surface area contributed by atoms with Crippen LogP contribution in [0, 0.1) is 0 Å². The predicted octanol–water partition coefficient (Wildman–Crippen LogP) is 3.54. The van der Waals surface area contributed by atoms with Crippen molar-refractivity contribution in [3.8, 4) is 0 Å². The van der Waals surface area contributed by atoms with Gasteiger partial charge in [0.05, 0.1) is 11.9 Å². The molecule has 0 spiro atoms. The number of aromatic nitrogens is 1. The first-order valence-electron chi connectivity index (χ1n) is 10.7. The van der Waals surface area contributed by atoms with Crippen LogP contribution in [0.15, 0.2) is 54.7 Å². The Balaban J connectivity index is 1.26. The van der Waals surface area contributed by atoms with Gasteiger partial charge in [-0.25, -0.2) is 4.98 Å². The van der Waals surface area contributed by atoms with Crippen molar-refractivity contribution >= 4 is 17.7 Å². The van der Waals surface area contributed by atoms with Gasteiger partial charge in [0.2, 0.25) is 0 Å². The van der Waals surface area contributed by atoms with Gasteiger partial charge in [-0.15, -0.1) is 0 Å². The SMILES string of the molecule is O=C(c1ccc(N2CCCCC2)cn1)N1CCN(C/C=C/c2ccccc2)CC1. The number of amides is 1. The lowest BCUT2D eigenvalue weighted by Gasteiger charge is -2.34. The molecule has 0 aliphatic carbocycles. The van der Waals surface area contributed by atoms with Gasteiger partial charge in [0, 0.05) is 45.8 Å². The first kappa shape index (κ1) is 19.6. The summed E-state index contributed by atoms with van der Waals surface area (Å²) >= 11 is 0. The standard InChI is InChI=1S/C24H30N4O/c29-24(23-12-11-22(20-25-23)27-14-5-2-6-15-27)28-18-16-26(17-19-28)13-7-10-21-8-3-1-4-9-21/h1,3-4,7-12,20H,2,5-6,13-19H2/b10-7+. The average Bonchev–Trinajstić information content (AvgIpc) is 2.80. The highest BCUT2D eigenvalue weighted by Crippen LogP contribution is 2.19. The monoisotopic (exact) mass is 390 g/mol. The third kappa shape index (κ3) is 5.24. The molecular weight excluding hydrogens is 360 g/mol. The van der Waals surface area contributed by atoms with E-state index >= 15 is 0 Å². The molecule has 0 atom stereocenters. The minimum atomic E-state index is 0.0506. The third-order valence-electron chi connectivity index (χ3n) is 5.82. The van der Waals surface area contributed by atoms with Crippen LogP contribution >= 0.6 is 0 Å². The highest BCUT2D eigenvalue weighted by molar-refractivity contribution is 5.92. The summed E-state index contributed by atoms with van der Waals surface area (Å²) in [6.45, 7) is 6.42. The van der Waals surface area contributed by atoms with Gasteiger partial charge in [0.25, 0.3) is 5.91 Å². The summed E-state index contributed by atoms with van der Waals surface area (Å²) in [6.07, 6.45) is 10.0. The minimum absolute atomic E-state index is 0.0506. The summed E-state index contributed by atoms with van der Waals surface area (Å²) in [4.78, 5) is 24.0. The maximum Gasteiger partial charge on any atom is 0.272 e. The van der Waals surface area contributed by atoms with Gasteiger partial charge in [-0.05, 0) is 37.0 Å². The van der Waals surface area contributed by atoms with E-state index in [2.05, 4.69) is 57.3 Å². The molecule has 152 valence electrons. The van der Waals surface area contributed by atoms with Crippen molar-refractivity contribution in [2.75, 3.05) is 50.7 Å². The largest absolute Gasteiger partial charge is 0.370 e. The number of hydrogen-bond acceptors (Lipinski definition) is 4. The van der Waals surface area contributed by atoms with Crippen molar-refractivity contribution in [2.24, 2.45) is 0 Å². The van der Waals surface area contributed by atoms with Crippen LogP contribution in [0.1, 0.15) is 35.3 Å². The summed E-state index contributed by atoms with van der Waals surface area (Å²) in [5.74, 6) is 0.0506. The molecule has 2 saturated heterocycles. The Bertz CT molecular complexity index is 805. The van der Waals surface area contributed by atoms with Gasteiger partial charge in [0.15, 0.2) is 0 Å². The molecule has 0 unspecified atom stereocenters. The number of anilines is 1. The molecule has 0 N–H and O–H groups in total. The molecule has 2 aliphatic rings. The van der Waals surface area contributed by atoms with E-state index in [1.54, 1.807) is 0 Å². The van der Waals surface area contributed by atoms with Crippen LogP contribution in [0.2, 0.25) is 0 Å². The van der Waals surface area contributed by atoms with Crippen molar-refractivity contribution in [2.45, 2.75) is 19.3 Å². The fourth-order valence-corrected chi connectivity index (χ4v) is 4.05. The highest BCUT2D eigenvalue weighted by atomic mass is 16.2. The smallest absolute Gasteiger partial charge is 0.272 e. The van der Waals surface area contributed by atoms with Gasteiger partial charge in [-0.1, -0.05) is 42.5 Å². The molecule has 2 fully saturated rings. The molecule has 4 rings (SSSR count). The Labute approximate surface area is 173 Å². The molecule has 1 aromatic carbocycles. The topological polar surface area (TPSA) is 39.7 Å². The van der Waals surface area contributed by atoms with Crippen LogP contribution in [0.3, 0.4) is 0 Å². The van der Waals surface area contributed by atoms with Crippen molar-refractivity contribution < 1.29 is 4.79 Å². The molecule has 0 saturated carbocycles. The quantitative estimate of drug-likeness (QED) is 0.783. The Morgan fingerprint density at radius 3 is 2.34 bits per heavy atom. The van der Waals surface area contributed by atoms with Crippen molar-refractivity contribution in [3.63, 3.8) is 0 Å². The number of carbonyl (C=O) groups excluding carboxylic acids is 1. The van der Waals surface area contributed by atoms with Crippen LogP contribution in [0.4, 0.5) is 5.69 Å². The number of hydrogen-bond donors (Lipinski definition) is 0. The minimum Gasteiger partial charge on any atom is -0.370 e. The molecule has 29 heavy (non-hydrogen) atoms. The normalized spacial score (nSPS) is 18.3. The molecule has 1 aromatic heterocycles. The van der Waals surface area contributed by atoms with E-state index in [9.17, 15) is 4.79 Å². The number of rotatable bonds is 5. The second kappa shape index (κ2) is 9.70. The van der Waals surface area contributed by atoms with Crippen LogP contribution in [-0.2, 0) is 0 Å². The fourth-order valence-electron chi connectivity index (χ4n) is 4.05. The third-order valence-corrected chi connectivity index (χ3v) is 5.82. The van der Waals surface area contributed by atoms with E-state index in [-0.39, 0.29) is 5.91 Å². The Morgan fingerprint density at radius 2 is 1.66 bits per heavy atom. The molecule has 3 heterocycles. The Morgan fingerprint density at radius 1 is 0.897 bits per heavy atom. The first-order chi connectivity index (χ1) is 14.3. The maximum absolute atomic E-state index is 12.8. The molecule has 2 aliphatic heterocycles. The van der Waals surface area contributed by atoms with Crippen LogP contribution in [0.5, 0.6) is 0 Å². The van der Waals surface area contributed by atoms with Gasteiger partial charge in [-0.2, -0.15) is 0 Å². The average molecular weight is 391 g/mol. The zero-order valence-corrected chi connectivity index (χ0v) is 17.0. The van der Waals surface area contributed by atoms with Crippen molar-refractivity contribution in [1.29, 1.82) is 0 Å². The number of nitrogens with zero attached hydrogens (tertiary/aromatic N) is 4. The molecule has 0 bridgehead atoms. The Hall–Kier alpha value is -2.66. The van der Waals surface area contributed by atoms with Crippen LogP contribution in [-0.4, -0.2) is 66.5 Å². The predicted molar refractivity (Wildman–Crippen MR) is 118 cm³/mol. The number of piperidine rings is 1. The molecule has 2 aromatic rings. The second-order valence-corrected chi connectivity index (χ2v) is 7.86. The first-order valence-corrected chi connectivity index (χ1v) is 10.7. The lowest BCUT2D eigenvalue weighted by molar-refractivity contribution is 0.0644. The van der Waals surface area contributed by atoms with Gasteiger partial charge in [0.1, 0.15) is 5.69 Å². The van der Waals surface area contributed by atoms with Crippen LogP contribution < -0.4 is 4.90 Å². The van der Waals surface area contributed by atoms with Crippen molar-refractivity contribution in [1.82, 2.24) is 14.8 Å². The number of benzene rings is 1. The molecule has 1 amide bonds. The summed E-state index contributed by atoms with van der Waals surface area (Å²) in [7, 11) is 0. The van der Waals surface area contributed by atoms with Crippen molar-refractivity contribution in [3.05, 3.63) is 66.0 Å².